The van der Waals surface area contributed by atoms with Gasteiger partial charge in [0, 0.05) is 11.7 Å². The predicted octanol–water partition coefficient (Wildman–Crippen LogP) is 1.70. The second kappa shape index (κ2) is 5.34. The number of hydrogen-bond acceptors (Lipinski definition) is 4. The van der Waals surface area contributed by atoms with Crippen molar-refractivity contribution in [2.24, 2.45) is 0 Å². The first kappa shape index (κ1) is 15.7. The number of halogens is 1. The number of rotatable bonds is 4. The molecule has 19 heavy (non-hydrogen) atoms. The Kier molecular flexibility index (Phi) is 4.42. The number of sulfonamides is 1. The van der Waals surface area contributed by atoms with Crippen LogP contribution in [0.15, 0.2) is 23.2 Å². The fraction of sp³-hybridized carbons (Fsp3) is 0.500. The van der Waals surface area contributed by atoms with Crippen LogP contribution in [0, 0.1) is 0 Å². The lowest BCUT2D eigenvalue weighted by Crippen LogP contribution is -2.41. The molecule has 0 aromatic carbocycles. The highest BCUT2D eigenvalue weighted by Gasteiger charge is 2.29. The summed E-state index contributed by atoms with van der Waals surface area (Å²) >= 11 is 0. The standard InChI is InChI=1S/C12H17FN2O3S/c1-8(13)11(16)10-9(6-5-7-14-10)19(17,18)15-12(2,3)4/h5-8,15H,1-4H3. The van der Waals surface area contributed by atoms with E-state index in [2.05, 4.69) is 9.71 Å². The minimum atomic E-state index is -3.93. The first-order chi connectivity index (χ1) is 8.54. The molecule has 0 aliphatic rings. The van der Waals surface area contributed by atoms with Crippen LogP contribution in [0.4, 0.5) is 4.39 Å². The Hall–Kier alpha value is -1.34. The molecule has 0 aliphatic carbocycles. The topological polar surface area (TPSA) is 76.1 Å². The monoisotopic (exact) mass is 288 g/mol. The molecular weight excluding hydrogens is 271 g/mol. The van der Waals surface area contributed by atoms with E-state index in [1.54, 1.807) is 20.8 Å². The van der Waals surface area contributed by atoms with Gasteiger partial charge in [0.15, 0.2) is 6.17 Å². The van der Waals surface area contributed by atoms with E-state index in [-0.39, 0.29) is 10.6 Å². The van der Waals surface area contributed by atoms with Gasteiger partial charge >= 0.3 is 0 Å². The van der Waals surface area contributed by atoms with Gasteiger partial charge in [-0.15, -0.1) is 0 Å². The molecule has 1 aromatic rings. The molecule has 5 nitrogen and oxygen atoms in total. The summed E-state index contributed by atoms with van der Waals surface area (Å²) < 4.78 is 39.8. The second-order valence-corrected chi connectivity index (χ2v) is 6.84. The highest BCUT2D eigenvalue weighted by Crippen LogP contribution is 2.18. The molecule has 1 atom stereocenters. The van der Waals surface area contributed by atoms with E-state index < -0.39 is 27.5 Å². The van der Waals surface area contributed by atoms with Gasteiger partial charge in [0.1, 0.15) is 10.6 Å². The van der Waals surface area contributed by atoms with Crippen molar-refractivity contribution in [1.29, 1.82) is 0 Å². The summed E-state index contributed by atoms with van der Waals surface area (Å²) in [5.74, 6) is -0.949. The maximum atomic E-state index is 13.1. The molecule has 0 saturated carbocycles. The number of nitrogens with zero attached hydrogens (tertiary/aromatic N) is 1. The van der Waals surface area contributed by atoms with Gasteiger partial charge in [-0.1, -0.05) is 0 Å². The van der Waals surface area contributed by atoms with E-state index in [4.69, 9.17) is 0 Å². The molecular formula is C12H17FN2O3S. The van der Waals surface area contributed by atoms with Gasteiger partial charge in [0.25, 0.3) is 0 Å². The number of ketones is 1. The van der Waals surface area contributed by atoms with E-state index in [0.717, 1.165) is 6.92 Å². The molecule has 0 radical (unpaired) electrons. The number of nitrogens with one attached hydrogen (secondary N) is 1. The predicted molar refractivity (Wildman–Crippen MR) is 69.2 cm³/mol. The molecule has 0 amide bonds. The van der Waals surface area contributed by atoms with Gasteiger partial charge in [-0.2, -0.15) is 0 Å². The van der Waals surface area contributed by atoms with E-state index in [9.17, 15) is 17.6 Å². The van der Waals surface area contributed by atoms with Gasteiger partial charge < -0.3 is 0 Å². The molecule has 0 aliphatic heterocycles. The molecule has 0 bridgehead atoms. The number of hydrogen-bond donors (Lipinski definition) is 1. The van der Waals surface area contributed by atoms with Crippen LogP contribution in [0.25, 0.3) is 0 Å². The van der Waals surface area contributed by atoms with E-state index >= 15 is 0 Å². The zero-order valence-corrected chi connectivity index (χ0v) is 12.1. The van der Waals surface area contributed by atoms with Crippen LogP contribution in [-0.4, -0.2) is 30.9 Å². The van der Waals surface area contributed by atoms with Crippen LogP contribution in [-0.2, 0) is 10.0 Å². The summed E-state index contributed by atoms with van der Waals surface area (Å²) in [6.45, 7) is 6.05. The van der Waals surface area contributed by atoms with Crippen LogP contribution in [0.5, 0.6) is 0 Å². The van der Waals surface area contributed by atoms with Gasteiger partial charge in [-0.05, 0) is 39.8 Å². The number of aromatic nitrogens is 1. The lowest BCUT2D eigenvalue weighted by Gasteiger charge is -2.21. The molecule has 1 unspecified atom stereocenters. The Morgan fingerprint density at radius 3 is 2.47 bits per heavy atom. The largest absolute Gasteiger partial charge is 0.289 e. The fourth-order valence-corrected chi connectivity index (χ4v) is 3.02. The summed E-state index contributed by atoms with van der Waals surface area (Å²) in [4.78, 5) is 15.0. The Labute approximate surface area is 112 Å². The Balaban J connectivity index is 3.32. The third-order valence-electron chi connectivity index (χ3n) is 2.10. The van der Waals surface area contributed by atoms with Crippen molar-refractivity contribution in [2.45, 2.75) is 44.3 Å². The van der Waals surface area contributed by atoms with Crippen molar-refractivity contribution in [3.8, 4) is 0 Å². The molecule has 0 fully saturated rings. The van der Waals surface area contributed by atoms with Crippen molar-refractivity contribution in [1.82, 2.24) is 9.71 Å². The maximum Gasteiger partial charge on any atom is 0.243 e. The number of carbonyl (C=O) groups is 1. The number of alkyl halides is 1. The average molecular weight is 288 g/mol. The molecule has 1 heterocycles. The Morgan fingerprint density at radius 2 is 2.00 bits per heavy atom. The van der Waals surface area contributed by atoms with Gasteiger partial charge in [-0.25, -0.2) is 17.5 Å². The summed E-state index contributed by atoms with van der Waals surface area (Å²) in [5, 5.41) is 0. The van der Waals surface area contributed by atoms with Gasteiger partial charge in [0.05, 0.1) is 0 Å². The average Bonchev–Trinajstić information content (AvgIpc) is 2.24. The zero-order chi connectivity index (χ0) is 14.8. The lowest BCUT2D eigenvalue weighted by atomic mass is 10.1. The molecule has 1 N–H and O–H groups in total. The fourth-order valence-electron chi connectivity index (χ4n) is 1.44. The summed E-state index contributed by atoms with van der Waals surface area (Å²) in [5.41, 5.74) is -1.09. The summed E-state index contributed by atoms with van der Waals surface area (Å²) in [6, 6.07) is 2.62. The highest BCUT2D eigenvalue weighted by molar-refractivity contribution is 7.89. The highest BCUT2D eigenvalue weighted by atomic mass is 32.2. The minimum Gasteiger partial charge on any atom is -0.289 e. The molecule has 1 rings (SSSR count). The second-order valence-electron chi connectivity index (χ2n) is 5.19. The van der Waals surface area contributed by atoms with E-state index in [1.807, 2.05) is 0 Å². The normalized spacial score (nSPS) is 14.2. The maximum absolute atomic E-state index is 13.1. The lowest BCUT2D eigenvalue weighted by molar-refractivity contribution is 0.0884. The van der Waals surface area contributed by atoms with Crippen molar-refractivity contribution >= 4 is 15.8 Å². The summed E-state index contributed by atoms with van der Waals surface area (Å²) in [7, 11) is -3.93. The van der Waals surface area contributed by atoms with Crippen molar-refractivity contribution in [2.75, 3.05) is 0 Å². The van der Waals surface area contributed by atoms with Gasteiger partial charge in [-0.3, -0.25) is 9.78 Å². The smallest absolute Gasteiger partial charge is 0.243 e. The first-order valence-corrected chi connectivity index (χ1v) is 7.20. The quantitative estimate of drug-likeness (QED) is 0.856. The van der Waals surface area contributed by atoms with Gasteiger partial charge in [0.2, 0.25) is 15.8 Å². The van der Waals surface area contributed by atoms with E-state index in [0.29, 0.717) is 0 Å². The van der Waals surface area contributed by atoms with Crippen LogP contribution in [0.2, 0.25) is 0 Å². The van der Waals surface area contributed by atoms with Crippen molar-refractivity contribution < 1.29 is 17.6 Å². The number of Topliss-reactive ketones (excluding diaryl/α,β-unsaturated/α-hetero) is 1. The Morgan fingerprint density at radius 1 is 1.42 bits per heavy atom. The SMILES string of the molecule is CC(F)C(=O)c1ncccc1S(=O)(=O)NC(C)(C)C. The molecule has 0 saturated heterocycles. The van der Waals surface area contributed by atoms with Crippen LogP contribution < -0.4 is 4.72 Å². The third-order valence-corrected chi connectivity index (χ3v) is 3.89. The van der Waals surface area contributed by atoms with Crippen LogP contribution in [0.3, 0.4) is 0 Å². The first-order valence-electron chi connectivity index (χ1n) is 5.72. The van der Waals surface area contributed by atoms with Crippen molar-refractivity contribution in [3.05, 3.63) is 24.0 Å². The number of pyridine rings is 1. The number of carbonyl (C=O) groups excluding carboxylic acids is 1. The van der Waals surface area contributed by atoms with E-state index in [1.165, 1.54) is 18.3 Å². The molecule has 7 heteroatoms. The molecule has 0 spiro atoms. The molecule has 106 valence electrons. The third kappa shape index (κ3) is 4.07. The zero-order valence-electron chi connectivity index (χ0n) is 11.3. The molecule has 1 aromatic heterocycles. The van der Waals surface area contributed by atoms with Crippen LogP contribution in [0.1, 0.15) is 38.2 Å². The minimum absolute atomic E-state index is 0.306. The summed E-state index contributed by atoms with van der Waals surface area (Å²) in [6.07, 6.45) is -0.551. The van der Waals surface area contributed by atoms with Crippen LogP contribution >= 0.6 is 0 Å². The van der Waals surface area contributed by atoms with Crippen molar-refractivity contribution in [3.63, 3.8) is 0 Å². The Bertz CT molecular complexity index is 577.